The molecule has 1 unspecified atom stereocenters. The van der Waals surface area contributed by atoms with E-state index >= 15 is 0 Å². The molecule has 1 aromatic rings. The van der Waals surface area contributed by atoms with Crippen LogP contribution in [0.15, 0.2) is 12.1 Å². The van der Waals surface area contributed by atoms with E-state index in [2.05, 4.69) is 0 Å². The van der Waals surface area contributed by atoms with Crippen LogP contribution in [0.2, 0.25) is 0 Å². The molecule has 2 atom stereocenters. The van der Waals surface area contributed by atoms with Gasteiger partial charge in [-0.3, -0.25) is 4.79 Å². The minimum absolute atomic E-state index is 0.0663. The summed E-state index contributed by atoms with van der Waals surface area (Å²) in [5.41, 5.74) is -0.0350. The summed E-state index contributed by atoms with van der Waals surface area (Å²) >= 11 is 0. The van der Waals surface area contributed by atoms with Crippen molar-refractivity contribution in [3.8, 4) is 11.5 Å². The van der Waals surface area contributed by atoms with Crippen molar-refractivity contribution in [2.75, 3.05) is 20.8 Å². The number of carbonyl (C=O) groups is 1. The number of ether oxygens (including phenoxy) is 3. The van der Waals surface area contributed by atoms with E-state index in [0.29, 0.717) is 22.6 Å². The third kappa shape index (κ3) is 3.11. The molecule has 0 radical (unpaired) electrons. The average Bonchev–Trinajstić information content (AvgIpc) is 2.44. The first-order chi connectivity index (χ1) is 9.90. The van der Waals surface area contributed by atoms with E-state index in [9.17, 15) is 15.0 Å². The topological polar surface area (TPSA) is 85.2 Å². The standard InChI is InChI=1S/C15H20O6/c1-9(16)21-8-15(18)6-10-12(19-2)4-5-13(20-3)14(10)11(17)7-15/h4-5,11,17-18H,6-8H2,1-3H3/t11-,15?/m0/s1. The summed E-state index contributed by atoms with van der Waals surface area (Å²) in [5.74, 6) is 0.639. The number of benzene rings is 1. The van der Waals surface area contributed by atoms with Gasteiger partial charge in [0.2, 0.25) is 0 Å². The normalized spacial score (nSPS) is 24.1. The molecule has 0 saturated heterocycles. The maximum Gasteiger partial charge on any atom is 0.302 e. The average molecular weight is 296 g/mol. The van der Waals surface area contributed by atoms with Crippen LogP contribution in [-0.4, -0.2) is 42.6 Å². The van der Waals surface area contributed by atoms with Crippen LogP contribution in [0.3, 0.4) is 0 Å². The predicted molar refractivity (Wildman–Crippen MR) is 74.4 cm³/mol. The molecule has 1 aromatic carbocycles. The number of fused-ring (bicyclic) bond motifs is 1. The third-order valence-electron chi connectivity index (χ3n) is 3.67. The second kappa shape index (κ2) is 5.91. The Balaban J connectivity index is 2.39. The number of esters is 1. The van der Waals surface area contributed by atoms with Crippen LogP contribution >= 0.6 is 0 Å². The van der Waals surface area contributed by atoms with Crippen molar-refractivity contribution in [2.45, 2.75) is 31.5 Å². The van der Waals surface area contributed by atoms with Gasteiger partial charge in [0.05, 0.1) is 20.3 Å². The van der Waals surface area contributed by atoms with Crippen LogP contribution in [0, 0.1) is 0 Å². The largest absolute Gasteiger partial charge is 0.496 e. The Morgan fingerprint density at radius 2 is 1.95 bits per heavy atom. The van der Waals surface area contributed by atoms with Gasteiger partial charge in [0, 0.05) is 30.9 Å². The van der Waals surface area contributed by atoms with Crippen molar-refractivity contribution >= 4 is 5.97 Å². The van der Waals surface area contributed by atoms with Gasteiger partial charge in [0.15, 0.2) is 0 Å². The second-order valence-corrected chi connectivity index (χ2v) is 5.26. The van der Waals surface area contributed by atoms with Gasteiger partial charge in [-0.05, 0) is 12.1 Å². The van der Waals surface area contributed by atoms with E-state index in [0.717, 1.165) is 0 Å². The highest BCUT2D eigenvalue weighted by molar-refractivity contribution is 5.66. The van der Waals surface area contributed by atoms with Crippen molar-refractivity contribution in [1.82, 2.24) is 0 Å². The van der Waals surface area contributed by atoms with Crippen LogP contribution in [0.5, 0.6) is 11.5 Å². The Morgan fingerprint density at radius 3 is 2.52 bits per heavy atom. The molecule has 0 fully saturated rings. The van der Waals surface area contributed by atoms with Crippen molar-refractivity contribution in [3.05, 3.63) is 23.3 Å². The Hall–Kier alpha value is -1.79. The van der Waals surface area contributed by atoms with Crippen molar-refractivity contribution < 1.29 is 29.2 Å². The van der Waals surface area contributed by atoms with Crippen molar-refractivity contribution in [3.63, 3.8) is 0 Å². The highest BCUT2D eigenvalue weighted by atomic mass is 16.5. The highest BCUT2D eigenvalue weighted by Crippen LogP contribution is 2.44. The van der Waals surface area contributed by atoms with Gasteiger partial charge in [-0.15, -0.1) is 0 Å². The zero-order valence-corrected chi connectivity index (χ0v) is 12.4. The minimum Gasteiger partial charge on any atom is -0.496 e. The van der Waals surface area contributed by atoms with Crippen LogP contribution in [0.4, 0.5) is 0 Å². The smallest absolute Gasteiger partial charge is 0.302 e. The molecule has 1 aliphatic rings. The Kier molecular flexibility index (Phi) is 4.39. The molecule has 0 bridgehead atoms. The van der Waals surface area contributed by atoms with E-state index in [-0.39, 0.29) is 19.4 Å². The van der Waals surface area contributed by atoms with Gasteiger partial charge < -0.3 is 24.4 Å². The molecule has 0 amide bonds. The molecular weight excluding hydrogens is 276 g/mol. The number of hydrogen-bond acceptors (Lipinski definition) is 6. The fourth-order valence-electron chi connectivity index (χ4n) is 2.75. The number of carbonyl (C=O) groups excluding carboxylic acids is 1. The number of methoxy groups -OCH3 is 2. The van der Waals surface area contributed by atoms with E-state index in [1.54, 1.807) is 12.1 Å². The molecule has 0 saturated carbocycles. The second-order valence-electron chi connectivity index (χ2n) is 5.26. The maximum absolute atomic E-state index is 10.9. The summed E-state index contributed by atoms with van der Waals surface area (Å²) in [6.45, 7) is 1.11. The minimum atomic E-state index is -1.32. The molecule has 2 N–H and O–H groups in total. The molecular formula is C15H20O6. The first kappa shape index (κ1) is 15.6. The van der Waals surface area contributed by atoms with Crippen molar-refractivity contribution in [1.29, 1.82) is 0 Å². The lowest BCUT2D eigenvalue weighted by Crippen LogP contribution is -2.42. The molecule has 6 heteroatoms. The summed E-state index contributed by atoms with van der Waals surface area (Å²) in [7, 11) is 3.04. The SMILES string of the molecule is COc1ccc(OC)c2c1CC(O)(COC(C)=O)C[C@@H]2O. The summed E-state index contributed by atoms with van der Waals surface area (Å²) in [6, 6.07) is 3.44. The highest BCUT2D eigenvalue weighted by Gasteiger charge is 2.41. The number of hydrogen-bond donors (Lipinski definition) is 2. The van der Waals surface area contributed by atoms with E-state index in [1.165, 1.54) is 21.1 Å². The Bertz CT molecular complexity index is 541. The third-order valence-corrected chi connectivity index (χ3v) is 3.67. The predicted octanol–water partition coefficient (Wildman–Crippen LogP) is 0.978. The lowest BCUT2D eigenvalue weighted by Gasteiger charge is -2.36. The summed E-state index contributed by atoms with van der Waals surface area (Å²) in [6.07, 6.45) is -0.636. The van der Waals surface area contributed by atoms with Crippen LogP contribution < -0.4 is 9.47 Å². The van der Waals surface area contributed by atoms with Gasteiger partial charge in [-0.25, -0.2) is 0 Å². The molecule has 0 aliphatic heterocycles. The first-order valence-electron chi connectivity index (χ1n) is 6.68. The van der Waals surface area contributed by atoms with Gasteiger partial charge in [0.25, 0.3) is 0 Å². The Labute approximate surface area is 123 Å². The summed E-state index contributed by atoms with van der Waals surface area (Å²) in [5, 5.41) is 20.9. The molecule has 6 nitrogen and oxygen atoms in total. The number of aliphatic hydroxyl groups excluding tert-OH is 1. The van der Waals surface area contributed by atoms with Gasteiger partial charge in [0.1, 0.15) is 23.7 Å². The molecule has 0 spiro atoms. The zero-order valence-electron chi connectivity index (χ0n) is 12.4. The van der Waals surface area contributed by atoms with E-state index in [1.807, 2.05) is 0 Å². The molecule has 1 aliphatic carbocycles. The molecule has 2 rings (SSSR count). The van der Waals surface area contributed by atoms with Gasteiger partial charge >= 0.3 is 5.97 Å². The maximum atomic E-state index is 10.9. The van der Waals surface area contributed by atoms with E-state index < -0.39 is 17.7 Å². The first-order valence-corrected chi connectivity index (χ1v) is 6.68. The number of rotatable bonds is 4. The lowest BCUT2D eigenvalue weighted by atomic mass is 9.78. The summed E-state index contributed by atoms with van der Waals surface area (Å²) < 4.78 is 15.5. The van der Waals surface area contributed by atoms with Gasteiger partial charge in [-0.1, -0.05) is 0 Å². The fraction of sp³-hybridized carbons (Fsp3) is 0.533. The Morgan fingerprint density at radius 1 is 1.33 bits per heavy atom. The lowest BCUT2D eigenvalue weighted by molar-refractivity contribution is -0.151. The molecule has 116 valence electrons. The quantitative estimate of drug-likeness (QED) is 0.806. The van der Waals surface area contributed by atoms with Crippen LogP contribution in [0.1, 0.15) is 30.6 Å². The zero-order chi connectivity index (χ0) is 15.6. The van der Waals surface area contributed by atoms with Gasteiger partial charge in [-0.2, -0.15) is 0 Å². The number of aliphatic hydroxyl groups is 2. The van der Waals surface area contributed by atoms with E-state index in [4.69, 9.17) is 14.2 Å². The molecule has 0 aromatic heterocycles. The molecule has 21 heavy (non-hydrogen) atoms. The van der Waals surface area contributed by atoms with Crippen molar-refractivity contribution in [2.24, 2.45) is 0 Å². The fourth-order valence-corrected chi connectivity index (χ4v) is 2.75. The summed E-state index contributed by atoms with van der Waals surface area (Å²) in [4.78, 5) is 10.9. The van der Waals surface area contributed by atoms with Crippen LogP contribution in [-0.2, 0) is 16.0 Å². The molecule has 0 heterocycles. The monoisotopic (exact) mass is 296 g/mol. The van der Waals surface area contributed by atoms with Crippen LogP contribution in [0.25, 0.3) is 0 Å².